The molecular weight excluding hydrogens is 695 g/mol. The molecular formula is C50H99NO5. The predicted molar refractivity (Wildman–Crippen MR) is 242 cm³/mol. The largest absolute Gasteiger partial charge is 0.394 e. The van der Waals surface area contributed by atoms with Gasteiger partial charge in [-0.3, -0.25) is 4.79 Å². The zero-order valence-electron chi connectivity index (χ0n) is 37.7. The first-order valence-corrected chi connectivity index (χ1v) is 25.1. The summed E-state index contributed by atoms with van der Waals surface area (Å²) in [6.45, 7) is 4.07. The van der Waals surface area contributed by atoms with Gasteiger partial charge in [0.05, 0.1) is 18.8 Å². The lowest BCUT2D eigenvalue weighted by Crippen LogP contribution is -2.53. The average Bonchev–Trinajstić information content (AvgIpc) is 3.20. The Morgan fingerprint density at radius 2 is 0.714 bits per heavy atom. The van der Waals surface area contributed by atoms with Crippen molar-refractivity contribution in [3.63, 3.8) is 0 Å². The van der Waals surface area contributed by atoms with Gasteiger partial charge in [-0.25, -0.2) is 0 Å². The monoisotopic (exact) mass is 794 g/mol. The second kappa shape index (κ2) is 45.1. The van der Waals surface area contributed by atoms with Crippen LogP contribution in [-0.2, 0) is 4.79 Å². The highest BCUT2D eigenvalue weighted by Gasteiger charge is 2.28. The van der Waals surface area contributed by atoms with E-state index in [4.69, 9.17) is 0 Å². The molecule has 0 aliphatic heterocycles. The summed E-state index contributed by atoms with van der Waals surface area (Å²) >= 11 is 0. The Kier molecular flexibility index (Phi) is 44.4. The van der Waals surface area contributed by atoms with Crippen LogP contribution in [0.5, 0.6) is 0 Å². The van der Waals surface area contributed by atoms with Crippen LogP contribution < -0.4 is 5.32 Å². The zero-order valence-corrected chi connectivity index (χ0v) is 37.7. The predicted octanol–water partition coefficient (Wildman–Crippen LogP) is 13.7. The third kappa shape index (κ3) is 38.6. The van der Waals surface area contributed by atoms with Gasteiger partial charge in [0.25, 0.3) is 0 Å². The number of allylic oxidation sites excluding steroid dienone is 2. The first-order chi connectivity index (χ1) is 27.5. The molecule has 0 aliphatic rings. The summed E-state index contributed by atoms with van der Waals surface area (Å²) < 4.78 is 0. The molecule has 56 heavy (non-hydrogen) atoms. The fraction of sp³-hybridized carbons (Fsp3) is 0.940. The quantitative estimate of drug-likeness (QED) is 0.0311. The number of carbonyl (C=O) groups is 1. The van der Waals surface area contributed by atoms with Crippen molar-refractivity contribution in [1.29, 1.82) is 0 Å². The van der Waals surface area contributed by atoms with Gasteiger partial charge in [0.2, 0.25) is 5.91 Å². The van der Waals surface area contributed by atoms with Crippen LogP contribution in [0.2, 0.25) is 0 Å². The molecule has 4 unspecified atom stereocenters. The van der Waals surface area contributed by atoms with Gasteiger partial charge in [-0.15, -0.1) is 0 Å². The molecule has 4 atom stereocenters. The van der Waals surface area contributed by atoms with E-state index in [-0.39, 0.29) is 0 Å². The smallest absolute Gasteiger partial charge is 0.249 e. The number of rotatable bonds is 46. The standard InChI is InChI=1S/C50H99NO5/c1-3-5-7-9-11-13-15-17-19-21-22-23-24-25-26-28-29-31-33-35-37-39-41-43-47(53)49(55)46(45-52)51-50(56)48(54)44-42-40-38-36-34-32-30-27-20-18-16-14-12-10-8-6-4-2/h30,32,46-49,52-55H,3-29,31,33-45H2,1-2H3,(H,51,56)/b32-30-. The fourth-order valence-corrected chi connectivity index (χ4v) is 7.99. The molecule has 334 valence electrons. The first-order valence-electron chi connectivity index (χ1n) is 25.1. The van der Waals surface area contributed by atoms with Crippen LogP contribution in [0.3, 0.4) is 0 Å². The summed E-state index contributed by atoms with van der Waals surface area (Å²) in [4.78, 5) is 12.5. The van der Waals surface area contributed by atoms with E-state index in [1.165, 1.54) is 193 Å². The average molecular weight is 794 g/mol. The normalized spacial score (nSPS) is 14.0. The number of aliphatic hydroxyl groups is 4. The molecule has 0 saturated heterocycles. The molecule has 0 aromatic rings. The lowest BCUT2D eigenvalue weighted by atomic mass is 9.99. The number of hydrogen-bond acceptors (Lipinski definition) is 5. The highest BCUT2D eigenvalue weighted by molar-refractivity contribution is 5.80. The number of aliphatic hydroxyl groups excluding tert-OH is 4. The van der Waals surface area contributed by atoms with E-state index in [0.29, 0.717) is 12.8 Å². The van der Waals surface area contributed by atoms with E-state index in [2.05, 4.69) is 31.3 Å². The van der Waals surface area contributed by atoms with E-state index >= 15 is 0 Å². The van der Waals surface area contributed by atoms with Gasteiger partial charge in [-0.2, -0.15) is 0 Å². The zero-order chi connectivity index (χ0) is 41.0. The minimum absolute atomic E-state index is 0.358. The summed E-state index contributed by atoms with van der Waals surface area (Å²) in [5.41, 5.74) is 0. The molecule has 0 bridgehead atoms. The van der Waals surface area contributed by atoms with Crippen molar-refractivity contribution < 1.29 is 25.2 Å². The number of unbranched alkanes of at least 4 members (excludes halogenated alkanes) is 35. The van der Waals surface area contributed by atoms with E-state index in [0.717, 1.165) is 51.4 Å². The van der Waals surface area contributed by atoms with Crippen LogP contribution in [0.4, 0.5) is 0 Å². The number of nitrogens with one attached hydrogen (secondary N) is 1. The molecule has 0 fully saturated rings. The van der Waals surface area contributed by atoms with Crippen molar-refractivity contribution in [3.8, 4) is 0 Å². The van der Waals surface area contributed by atoms with E-state index in [1.54, 1.807) is 0 Å². The molecule has 6 heteroatoms. The van der Waals surface area contributed by atoms with Crippen molar-refractivity contribution in [2.45, 2.75) is 295 Å². The van der Waals surface area contributed by atoms with Gasteiger partial charge in [0.15, 0.2) is 0 Å². The van der Waals surface area contributed by atoms with Crippen LogP contribution in [0.15, 0.2) is 12.2 Å². The third-order valence-electron chi connectivity index (χ3n) is 12.0. The lowest BCUT2D eigenvalue weighted by Gasteiger charge is -2.27. The van der Waals surface area contributed by atoms with Gasteiger partial charge >= 0.3 is 0 Å². The second-order valence-electron chi connectivity index (χ2n) is 17.5. The maximum atomic E-state index is 12.5. The maximum Gasteiger partial charge on any atom is 0.249 e. The summed E-state index contributed by atoms with van der Waals surface area (Å²) in [5, 5.41) is 43.8. The summed E-state index contributed by atoms with van der Waals surface area (Å²) in [5.74, 6) is -0.589. The van der Waals surface area contributed by atoms with Crippen LogP contribution in [-0.4, -0.2) is 57.3 Å². The van der Waals surface area contributed by atoms with Crippen molar-refractivity contribution in [2.75, 3.05) is 6.61 Å². The van der Waals surface area contributed by atoms with Gasteiger partial charge in [0, 0.05) is 0 Å². The topological polar surface area (TPSA) is 110 Å². The van der Waals surface area contributed by atoms with Crippen molar-refractivity contribution >= 4 is 5.91 Å². The molecule has 0 saturated carbocycles. The van der Waals surface area contributed by atoms with Gasteiger partial charge in [-0.1, -0.05) is 244 Å². The number of amides is 1. The SMILES string of the molecule is CCCCCCCCCCC/C=C\CCCCCCC(O)C(=O)NC(CO)C(O)C(O)CCCCCCCCCCCCCCCCCCCCCCCCC. The van der Waals surface area contributed by atoms with Crippen molar-refractivity contribution in [1.82, 2.24) is 5.32 Å². The van der Waals surface area contributed by atoms with E-state index in [9.17, 15) is 25.2 Å². The molecule has 0 aromatic heterocycles. The van der Waals surface area contributed by atoms with Crippen LogP contribution in [0, 0.1) is 0 Å². The maximum absolute atomic E-state index is 12.5. The fourth-order valence-electron chi connectivity index (χ4n) is 7.99. The molecule has 6 nitrogen and oxygen atoms in total. The Hall–Kier alpha value is -0.950. The van der Waals surface area contributed by atoms with E-state index < -0.39 is 36.9 Å². The first kappa shape index (κ1) is 55.0. The van der Waals surface area contributed by atoms with Gasteiger partial charge in [0.1, 0.15) is 12.2 Å². The van der Waals surface area contributed by atoms with Gasteiger partial charge < -0.3 is 25.7 Å². The van der Waals surface area contributed by atoms with Gasteiger partial charge in [-0.05, 0) is 38.5 Å². The lowest BCUT2D eigenvalue weighted by molar-refractivity contribution is -0.132. The summed E-state index contributed by atoms with van der Waals surface area (Å²) in [7, 11) is 0. The van der Waals surface area contributed by atoms with Crippen LogP contribution in [0.25, 0.3) is 0 Å². The van der Waals surface area contributed by atoms with Crippen molar-refractivity contribution in [3.05, 3.63) is 12.2 Å². The van der Waals surface area contributed by atoms with E-state index in [1.807, 2.05) is 0 Å². The molecule has 0 heterocycles. The molecule has 1 amide bonds. The van der Waals surface area contributed by atoms with Crippen molar-refractivity contribution in [2.24, 2.45) is 0 Å². The Labute approximate surface area is 349 Å². The summed E-state index contributed by atoms with van der Waals surface area (Å²) in [6, 6.07) is -0.987. The number of hydrogen-bond donors (Lipinski definition) is 5. The Bertz CT molecular complexity index is 806. The molecule has 0 rings (SSSR count). The molecule has 0 spiro atoms. The molecule has 0 aliphatic carbocycles. The van der Waals surface area contributed by atoms with Crippen LogP contribution in [0.1, 0.15) is 271 Å². The Morgan fingerprint density at radius 1 is 0.429 bits per heavy atom. The molecule has 0 aromatic carbocycles. The molecule has 5 N–H and O–H groups in total. The third-order valence-corrected chi connectivity index (χ3v) is 12.0. The highest BCUT2D eigenvalue weighted by atomic mass is 16.3. The molecule has 0 radical (unpaired) electrons. The highest BCUT2D eigenvalue weighted by Crippen LogP contribution is 2.17. The number of carbonyl (C=O) groups excluding carboxylic acids is 1. The Morgan fingerprint density at radius 3 is 1.04 bits per heavy atom. The summed E-state index contributed by atoms with van der Waals surface area (Å²) in [6.07, 6.45) is 51.1. The Balaban J connectivity index is 3.66. The minimum Gasteiger partial charge on any atom is -0.394 e. The van der Waals surface area contributed by atoms with Crippen LogP contribution >= 0.6 is 0 Å². The second-order valence-corrected chi connectivity index (χ2v) is 17.5. The minimum atomic E-state index is -1.26.